The molecule has 366 valence electrons. The lowest BCUT2D eigenvalue weighted by Gasteiger charge is -2.41. The van der Waals surface area contributed by atoms with Crippen LogP contribution in [-0.2, 0) is 46.4 Å². The Morgan fingerprint density at radius 3 is 1.47 bits per heavy atom. The number of hydrogen-bond donors (Lipinski definition) is 1. The predicted octanol–water partition coefficient (Wildman–Crippen LogP) is 8.31. The Bertz CT molecular complexity index is 1960. The average Bonchev–Trinajstić information content (AvgIpc) is 3.90. The summed E-state index contributed by atoms with van der Waals surface area (Å²) in [5.74, 6) is 1.31. The molecule has 0 spiro atoms. The molecule has 2 amide bonds. The summed E-state index contributed by atoms with van der Waals surface area (Å²) in [6.07, 6.45) is -0.0986. The van der Waals surface area contributed by atoms with Gasteiger partial charge in [-0.3, -0.25) is 19.8 Å². The highest BCUT2D eigenvalue weighted by molar-refractivity contribution is 8.14. The highest BCUT2D eigenvalue weighted by atomic mass is 32.2. The summed E-state index contributed by atoms with van der Waals surface area (Å²) < 4.78 is 46.4. The van der Waals surface area contributed by atoms with Crippen LogP contribution in [0.25, 0.3) is 0 Å². The van der Waals surface area contributed by atoms with E-state index >= 15 is 0 Å². The molecule has 0 saturated carbocycles. The number of aldehydes is 1. The smallest absolute Gasteiger partial charge is 0.416 e. The molecule has 1 N–H and O–H groups in total. The first kappa shape index (κ1) is 53.1. The van der Waals surface area contributed by atoms with Crippen molar-refractivity contribution in [2.24, 2.45) is 21.8 Å². The van der Waals surface area contributed by atoms with Crippen LogP contribution in [0.3, 0.4) is 0 Å². The summed E-state index contributed by atoms with van der Waals surface area (Å²) in [7, 11) is 3.26. The van der Waals surface area contributed by atoms with Crippen LogP contribution in [0, 0.1) is 11.8 Å². The van der Waals surface area contributed by atoms with Gasteiger partial charge in [-0.05, 0) is 89.8 Å². The number of amidine groups is 2. The molecule has 4 aliphatic rings. The standard InChI is InChI=1S/C24H36N2O6S.C24H34N2O6S/c2*1-7-12-26(23(28)32-24(3,4)5)22-25-19-20(15(2)18(13-27)31-21(19)33-22)30-14-16-8-10-17(29-6)11-9-16/h8-11,15,18-21,27H,7,12-14H2,1-6H3;8-11,13,15,18-21H,7,12,14H2,1-6H3/t2*15-,18-,19-,20+,21-/m11/s1. The van der Waals surface area contributed by atoms with E-state index < -0.39 is 34.9 Å². The number of aliphatic hydroxyl groups is 1. The quantitative estimate of drug-likeness (QED) is 0.179. The normalized spacial score (nSPS) is 26.9. The number of benzene rings is 2. The Morgan fingerprint density at radius 2 is 1.11 bits per heavy atom. The van der Waals surface area contributed by atoms with Gasteiger partial charge in [-0.15, -0.1) is 0 Å². The molecular formula is C48H70N4O12S2. The fourth-order valence-electron chi connectivity index (χ4n) is 7.63. The molecular weight excluding hydrogens is 889 g/mol. The number of carbonyl (C=O) groups excluding carboxylic acids is 3. The molecule has 18 heteroatoms. The summed E-state index contributed by atoms with van der Waals surface area (Å²) in [6, 6.07) is 14.8. The van der Waals surface area contributed by atoms with Crippen molar-refractivity contribution in [2.45, 2.75) is 154 Å². The molecule has 10 atom stereocenters. The Labute approximate surface area is 398 Å². The first-order chi connectivity index (χ1) is 31.3. The summed E-state index contributed by atoms with van der Waals surface area (Å²) in [4.78, 5) is 50.3. The molecule has 2 saturated heterocycles. The van der Waals surface area contributed by atoms with E-state index in [1.54, 1.807) is 24.0 Å². The number of thioether (sulfide) groups is 2. The van der Waals surface area contributed by atoms with Gasteiger partial charge in [0.2, 0.25) is 0 Å². The average molecular weight is 959 g/mol. The fraction of sp³-hybridized carbons (Fsp3) is 0.646. The third-order valence-corrected chi connectivity index (χ3v) is 13.4. The van der Waals surface area contributed by atoms with Gasteiger partial charge in [-0.1, -0.05) is 75.5 Å². The topological polar surface area (TPSA) is 176 Å². The van der Waals surface area contributed by atoms with E-state index in [9.17, 15) is 19.5 Å². The number of carbonyl (C=O) groups is 3. The lowest BCUT2D eigenvalue weighted by molar-refractivity contribution is -0.150. The number of aliphatic hydroxyl groups excluding tert-OH is 1. The number of nitrogens with zero attached hydrogens (tertiary/aromatic N) is 4. The number of hydrogen-bond acceptors (Lipinski definition) is 16. The highest BCUT2D eigenvalue weighted by Gasteiger charge is 2.51. The monoisotopic (exact) mass is 958 g/mol. The van der Waals surface area contributed by atoms with E-state index in [1.807, 2.05) is 118 Å². The Kier molecular flexibility index (Phi) is 19.2. The Hall–Kier alpha value is -3.91. The third kappa shape index (κ3) is 14.1. The molecule has 2 aromatic carbocycles. The molecule has 66 heavy (non-hydrogen) atoms. The summed E-state index contributed by atoms with van der Waals surface area (Å²) >= 11 is 2.74. The molecule has 0 aliphatic carbocycles. The van der Waals surface area contributed by atoms with Gasteiger partial charge >= 0.3 is 12.2 Å². The van der Waals surface area contributed by atoms with Crippen molar-refractivity contribution in [1.29, 1.82) is 0 Å². The van der Waals surface area contributed by atoms with Crippen molar-refractivity contribution in [3.63, 3.8) is 0 Å². The maximum atomic E-state index is 12.9. The first-order valence-corrected chi connectivity index (χ1v) is 24.4. The number of rotatable bonds is 14. The minimum absolute atomic E-state index is 0.0700. The van der Waals surface area contributed by atoms with Crippen LogP contribution in [0.2, 0.25) is 0 Å². The Morgan fingerprint density at radius 1 is 0.697 bits per heavy atom. The zero-order valence-corrected chi connectivity index (χ0v) is 42.1. The van der Waals surface area contributed by atoms with Crippen LogP contribution in [0.4, 0.5) is 9.59 Å². The van der Waals surface area contributed by atoms with Gasteiger partial charge < -0.3 is 47.8 Å². The largest absolute Gasteiger partial charge is 0.497 e. The molecule has 4 aliphatic heterocycles. The molecule has 16 nitrogen and oxygen atoms in total. The SMILES string of the molecule is CCCN(C(=O)OC(C)(C)C)C1=N[C@@H]2[C@@H](OCc3ccc(OC)cc3)[C@H](C)[C@@H](C=O)O[C@@H]2S1.CCCN(C(=O)OC(C)(C)C)C1=N[C@@H]2[C@@H](OCc3ccc(OC)cc3)[C@H](C)[C@@H](CO)O[C@@H]2S1. The van der Waals surface area contributed by atoms with Crippen LogP contribution in [-0.4, -0.2) is 136 Å². The third-order valence-electron chi connectivity index (χ3n) is 11.0. The van der Waals surface area contributed by atoms with Crippen molar-refractivity contribution in [3.05, 3.63) is 59.7 Å². The number of aliphatic imine (C=N–C) groups is 2. The van der Waals surface area contributed by atoms with Crippen molar-refractivity contribution >= 4 is 52.3 Å². The van der Waals surface area contributed by atoms with Gasteiger partial charge in [0.1, 0.15) is 58.0 Å². The van der Waals surface area contributed by atoms with Gasteiger partial charge in [-0.2, -0.15) is 0 Å². The van der Waals surface area contributed by atoms with E-state index in [1.165, 1.54) is 23.5 Å². The number of fused-ring (bicyclic) bond motifs is 2. The van der Waals surface area contributed by atoms with Gasteiger partial charge in [0, 0.05) is 24.9 Å². The summed E-state index contributed by atoms with van der Waals surface area (Å²) in [6.45, 7) is 20.6. The van der Waals surface area contributed by atoms with E-state index in [2.05, 4.69) is 0 Å². The molecule has 0 unspecified atom stereocenters. The van der Waals surface area contributed by atoms with Crippen molar-refractivity contribution in [3.8, 4) is 11.5 Å². The van der Waals surface area contributed by atoms with Crippen LogP contribution in [0.15, 0.2) is 58.5 Å². The van der Waals surface area contributed by atoms with Crippen molar-refractivity contribution < 1.29 is 57.4 Å². The second-order valence-corrected chi connectivity index (χ2v) is 20.7. The second-order valence-electron chi connectivity index (χ2n) is 18.6. The van der Waals surface area contributed by atoms with Gasteiger partial charge in [0.05, 0.1) is 52.4 Å². The maximum Gasteiger partial charge on any atom is 0.416 e. The van der Waals surface area contributed by atoms with Crippen LogP contribution in [0.5, 0.6) is 11.5 Å². The number of methoxy groups -OCH3 is 2. The lowest BCUT2D eigenvalue weighted by atomic mass is 9.90. The predicted molar refractivity (Wildman–Crippen MR) is 256 cm³/mol. The van der Waals surface area contributed by atoms with Crippen molar-refractivity contribution in [2.75, 3.05) is 33.9 Å². The zero-order valence-electron chi connectivity index (χ0n) is 40.5. The zero-order chi connectivity index (χ0) is 48.3. The molecule has 0 radical (unpaired) electrons. The van der Waals surface area contributed by atoms with E-state index in [-0.39, 0.29) is 54.3 Å². The van der Waals surface area contributed by atoms with Gasteiger partial charge in [0.25, 0.3) is 0 Å². The van der Waals surface area contributed by atoms with Crippen molar-refractivity contribution in [1.82, 2.24) is 9.80 Å². The van der Waals surface area contributed by atoms with Crippen LogP contribution >= 0.6 is 23.5 Å². The van der Waals surface area contributed by atoms with Crippen LogP contribution < -0.4 is 9.47 Å². The first-order valence-electron chi connectivity index (χ1n) is 22.7. The minimum atomic E-state index is -0.614. The molecule has 4 heterocycles. The summed E-state index contributed by atoms with van der Waals surface area (Å²) in [5.41, 5.74) is 0.0475. The van der Waals surface area contributed by atoms with Gasteiger partial charge in [-0.25, -0.2) is 9.59 Å². The molecule has 2 aromatic rings. The van der Waals surface area contributed by atoms with E-state index in [0.29, 0.717) is 36.6 Å². The lowest BCUT2D eigenvalue weighted by Crippen LogP contribution is -2.52. The second kappa shape index (κ2) is 23.9. The summed E-state index contributed by atoms with van der Waals surface area (Å²) in [5, 5.41) is 11.0. The molecule has 0 bridgehead atoms. The van der Waals surface area contributed by atoms with E-state index in [4.69, 9.17) is 47.9 Å². The van der Waals surface area contributed by atoms with Crippen LogP contribution in [0.1, 0.15) is 93.2 Å². The number of ether oxygens (including phenoxy) is 8. The molecule has 6 rings (SSSR count). The number of amides is 2. The molecule has 0 aromatic heterocycles. The molecule has 2 fully saturated rings. The minimum Gasteiger partial charge on any atom is -0.497 e. The maximum absolute atomic E-state index is 12.9. The van der Waals surface area contributed by atoms with E-state index in [0.717, 1.165) is 41.8 Å². The fourth-order valence-corrected chi connectivity index (χ4v) is 10.1. The van der Waals surface area contributed by atoms with Gasteiger partial charge in [0.15, 0.2) is 10.3 Å². The highest BCUT2D eigenvalue weighted by Crippen LogP contribution is 2.43. The Balaban J connectivity index is 0.000000247.